The first-order valence-electron chi connectivity index (χ1n) is 8.40. The molecule has 1 amide bonds. The molecule has 0 aromatic heterocycles. The topological polar surface area (TPSA) is 66.4 Å². The van der Waals surface area contributed by atoms with Crippen LogP contribution in [-0.4, -0.2) is 23.0 Å². The highest BCUT2D eigenvalue weighted by Gasteiger charge is 2.38. The lowest BCUT2D eigenvalue weighted by Gasteiger charge is -2.33. The van der Waals surface area contributed by atoms with Crippen LogP contribution in [0.1, 0.15) is 71.6 Å². The summed E-state index contributed by atoms with van der Waals surface area (Å²) in [7, 11) is 0. The highest BCUT2D eigenvalue weighted by atomic mass is 16.4. The summed E-state index contributed by atoms with van der Waals surface area (Å²) in [5, 5.41) is 12.3. The van der Waals surface area contributed by atoms with Crippen LogP contribution in [0.2, 0.25) is 0 Å². The van der Waals surface area contributed by atoms with Gasteiger partial charge in [-0.05, 0) is 49.4 Å². The van der Waals surface area contributed by atoms with E-state index in [1.807, 2.05) is 0 Å². The zero-order chi connectivity index (χ0) is 15.5. The maximum atomic E-state index is 12.4. The van der Waals surface area contributed by atoms with E-state index in [-0.39, 0.29) is 23.8 Å². The number of carbonyl (C=O) groups is 2. The Bertz CT molecular complexity index is 377. The van der Waals surface area contributed by atoms with Crippen molar-refractivity contribution in [3.05, 3.63) is 0 Å². The first-order chi connectivity index (χ1) is 9.88. The number of carbonyl (C=O) groups excluding carboxylic acids is 1. The predicted molar refractivity (Wildman–Crippen MR) is 81.9 cm³/mol. The van der Waals surface area contributed by atoms with Crippen molar-refractivity contribution in [3.8, 4) is 0 Å². The lowest BCUT2D eigenvalue weighted by atomic mass is 9.78. The molecule has 0 radical (unpaired) electrons. The summed E-state index contributed by atoms with van der Waals surface area (Å²) in [5.41, 5.74) is -0.290. The van der Waals surface area contributed by atoms with Crippen LogP contribution in [0, 0.1) is 17.3 Å². The molecule has 120 valence electrons. The van der Waals surface area contributed by atoms with E-state index in [0.717, 1.165) is 38.5 Å². The van der Waals surface area contributed by atoms with Crippen molar-refractivity contribution in [1.29, 1.82) is 0 Å². The van der Waals surface area contributed by atoms with Gasteiger partial charge in [0.15, 0.2) is 0 Å². The number of hydrogen-bond acceptors (Lipinski definition) is 2. The minimum atomic E-state index is -0.774. The van der Waals surface area contributed by atoms with Gasteiger partial charge in [0.25, 0.3) is 0 Å². The van der Waals surface area contributed by atoms with Crippen LogP contribution in [0.5, 0.6) is 0 Å². The Balaban J connectivity index is 1.89. The number of amides is 1. The molecule has 0 heterocycles. The Hall–Kier alpha value is -1.06. The number of nitrogens with one attached hydrogen (secondary N) is 1. The quantitative estimate of drug-likeness (QED) is 0.817. The fourth-order valence-electron chi connectivity index (χ4n) is 4.55. The van der Waals surface area contributed by atoms with Gasteiger partial charge in [-0.15, -0.1) is 0 Å². The van der Waals surface area contributed by atoms with E-state index in [2.05, 4.69) is 19.2 Å². The van der Waals surface area contributed by atoms with Crippen LogP contribution < -0.4 is 5.32 Å². The van der Waals surface area contributed by atoms with Gasteiger partial charge in [-0.3, -0.25) is 9.59 Å². The van der Waals surface area contributed by atoms with Gasteiger partial charge in [-0.25, -0.2) is 0 Å². The number of rotatable bonds is 5. The van der Waals surface area contributed by atoms with Gasteiger partial charge >= 0.3 is 5.97 Å². The molecule has 2 aliphatic carbocycles. The molecule has 0 aliphatic heterocycles. The largest absolute Gasteiger partial charge is 0.481 e. The van der Waals surface area contributed by atoms with E-state index in [9.17, 15) is 9.59 Å². The van der Waals surface area contributed by atoms with Crippen molar-refractivity contribution in [2.24, 2.45) is 17.3 Å². The Morgan fingerprint density at radius 2 is 1.62 bits per heavy atom. The van der Waals surface area contributed by atoms with Gasteiger partial charge < -0.3 is 10.4 Å². The first kappa shape index (κ1) is 16.3. The van der Waals surface area contributed by atoms with Gasteiger partial charge in [0.05, 0.1) is 6.42 Å². The summed E-state index contributed by atoms with van der Waals surface area (Å²) in [6.45, 7) is 4.50. The number of carboxylic acid groups (broad SMARTS) is 1. The van der Waals surface area contributed by atoms with Crippen molar-refractivity contribution in [2.45, 2.75) is 77.7 Å². The average Bonchev–Trinajstić information content (AvgIpc) is 2.74. The molecule has 2 unspecified atom stereocenters. The fourth-order valence-corrected chi connectivity index (χ4v) is 4.55. The summed E-state index contributed by atoms with van der Waals surface area (Å²) in [6, 6.07) is 0.277. The second kappa shape index (κ2) is 6.80. The fraction of sp³-hybridized carbons (Fsp3) is 0.882. The molecule has 4 heteroatoms. The molecule has 0 spiro atoms. The first-order valence-corrected chi connectivity index (χ1v) is 8.40. The molecule has 2 rings (SSSR count). The van der Waals surface area contributed by atoms with Crippen LogP contribution in [0.4, 0.5) is 0 Å². The molecule has 2 aliphatic rings. The summed E-state index contributed by atoms with van der Waals surface area (Å²) in [4.78, 5) is 23.4. The molecule has 2 N–H and O–H groups in total. The van der Waals surface area contributed by atoms with Crippen molar-refractivity contribution in [3.63, 3.8) is 0 Å². The monoisotopic (exact) mass is 295 g/mol. The average molecular weight is 295 g/mol. The van der Waals surface area contributed by atoms with Crippen molar-refractivity contribution in [2.75, 3.05) is 0 Å². The molecule has 0 bridgehead atoms. The maximum Gasteiger partial charge on any atom is 0.303 e. The Labute approximate surface area is 127 Å². The zero-order valence-corrected chi connectivity index (χ0v) is 13.4. The smallest absolute Gasteiger partial charge is 0.303 e. The number of aliphatic carboxylic acids is 1. The summed E-state index contributed by atoms with van der Waals surface area (Å²) in [6.07, 6.45) is 7.75. The Morgan fingerprint density at radius 3 is 2.14 bits per heavy atom. The van der Waals surface area contributed by atoms with E-state index in [1.165, 1.54) is 6.42 Å². The number of carboxylic acids is 1. The molecule has 4 nitrogen and oxygen atoms in total. The molecule has 2 fully saturated rings. The molecular weight excluding hydrogens is 266 g/mol. The van der Waals surface area contributed by atoms with Gasteiger partial charge in [-0.2, -0.15) is 0 Å². The Kier molecular flexibility index (Phi) is 5.28. The summed E-state index contributed by atoms with van der Waals surface area (Å²) >= 11 is 0. The zero-order valence-electron chi connectivity index (χ0n) is 13.4. The third kappa shape index (κ3) is 4.72. The molecule has 0 aromatic rings. The predicted octanol–water partition coefficient (Wildman–Crippen LogP) is 3.35. The molecule has 0 aromatic carbocycles. The van der Waals surface area contributed by atoms with E-state index in [1.54, 1.807) is 0 Å². The van der Waals surface area contributed by atoms with E-state index < -0.39 is 5.97 Å². The highest BCUT2D eigenvalue weighted by Crippen LogP contribution is 2.44. The summed E-state index contributed by atoms with van der Waals surface area (Å²) < 4.78 is 0. The van der Waals surface area contributed by atoms with Crippen LogP contribution in [0.25, 0.3) is 0 Å². The van der Waals surface area contributed by atoms with Crippen LogP contribution in [0.15, 0.2) is 0 Å². The summed E-state index contributed by atoms with van der Waals surface area (Å²) in [5.74, 6) is 0.617. The van der Waals surface area contributed by atoms with E-state index in [4.69, 9.17) is 5.11 Å². The van der Waals surface area contributed by atoms with Crippen molar-refractivity contribution >= 4 is 11.9 Å². The third-order valence-corrected chi connectivity index (χ3v) is 5.27. The SMILES string of the molecule is CC1CC(C)CC(NC(=O)CC2(CC(=O)O)CCCC2)C1. The van der Waals surface area contributed by atoms with Gasteiger partial charge in [-0.1, -0.05) is 26.7 Å². The van der Waals surface area contributed by atoms with Crippen molar-refractivity contribution < 1.29 is 14.7 Å². The lowest BCUT2D eigenvalue weighted by molar-refractivity contribution is -0.140. The molecule has 0 saturated heterocycles. The Morgan fingerprint density at radius 1 is 1.05 bits per heavy atom. The third-order valence-electron chi connectivity index (χ3n) is 5.27. The van der Waals surface area contributed by atoms with E-state index >= 15 is 0 Å². The standard InChI is InChI=1S/C17H29NO3/c1-12-7-13(2)9-14(8-12)18-15(19)10-17(11-16(20)21)5-3-4-6-17/h12-14H,3-11H2,1-2H3,(H,18,19)(H,20,21). The lowest BCUT2D eigenvalue weighted by Crippen LogP contribution is -2.42. The minimum Gasteiger partial charge on any atom is -0.481 e. The van der Waals surface area contributed by atoms with Gasteiger partial charge in [0.1, 0.15) is 0 Å². The van der Waals surface area contributed by atoms with Crippen LogP contribution in [0.3, 0.4) is 0 Å². The van der Waals surface area contributed by atoms with Gasteiger partial charge in [0.2, 0.25) is 5.91 Å². The van der Waals surface area contributed by atoms with Crippen LogP contribution in [-0.2, 0) is 9.59 Å². The van der Waals surface area contributed by atoms with E-state index in [0.29, 0.717) is 18.3 Å². The molecule has 2 saturated carbocycles. The molecule has 2 atom stereocenters. The normalized spacial score (nSPS) is 31.8. The van der Waals surface area contributed by atoms with Gasteiger partial charge in [0, 0.05) is 12.5 Å². The molecule has 21 heavy (non-hydrogen) atoms. The number of hydrogen-bond donors (Lipinski definition) is 2. The van der Waals surface area contributed by atoms with Crippen LogP contribution >= 0.6 is 0 Å². The highest BCUT2D eigenvalue weighted by molar-refractivity contribution is 5.78. The van der Waals surface area contributed by atoms with Crippen molar-refractivity contribution in [1.82, 2.24) is 5.32 Å². The second-order valence-corrected chi connectivity index (χ2v) is 7.64. The second-order valence-electron chi connectivity index (χ2n) is 7.64. The maximum absolute atomic E-state index is 12.4. The molecular formula is C17H29NO3. The minimum absolute atomic E-state index is 0.0597.